The number of hydrogen-bond donors (Lipinski definition) is 0. The third-order valence-corrected chi connectivity index (χ3v) is 9.46. The van der Waals surface area contributed by atoms with Crippen LogP contribution in [-0.4, -0.2) is 0 Å². The molecule has 35 heavy (non-hydrogen) atoms. The third kappa shape index (κ3) is 2.78. The SMILES string of the molecule is Brc1ccc(-c2ccc3c4cc5sc6cc(Br)ccc6c5c5cccc(c6cccc2c63)c45)cc1. The van der Waals surface area contributed by atoms with Crippen LogP contribution in [0.4, 0.5) is 0 Å². The molecule has 8 aromatic rings. The molecular formula is C32H16Br2S. The standard InChI is InChI=1S/C32H16Br2S/c33-18-9-7-17(8-10-18)20-13-14-24-27-16-29-32(25-12-11-19(34)15-28(25)35-29)26-6-2-5-23(31(26)27)22-4-1-3-21(20)30(22)24/h1-16H. The van der Waals surface area contributed by atoms with Crippen LogP contribution in [0.15, 0.2) is 106 Å². The molecule has 7 aromatic carbocycles. The van der Waals surface area contributed by atoms with E-state index in [1.54, 1.807) is 0 Å². The van der Waals surface area contributed by atoms with Crippen molar-refractivity contribution in [3.8, 4) is 11.1 Å². The lowest BCUT2D eigenvalue weighted by Crippen LogP contribution is -1.89. The highest BCUT2D eigenvalue weighted by molar-refractivity contribution is 9.10. The summed E-state index contributed by atoms with van der Waals surface area (Å²) >= 11 is 9.13. The Hall–Kier alpha value is -2.98. The van der Waals surface area contributed by atoms with Gasteiger partial charge in [0.1, 0.15) is 0 Å². The van der Waals surface area contributed by atoms with Crippen molar-refractivity contribution >= 4 is 106 Å². The summed E-state index contributed by atoms with van der Waals surface area (Å²) in [6, 6.07) is 36.0. The molecule has 0 saturated heterocycles. The van der Waals surface area contributed by atoms with Gasteiger partial charge in [-0.3, -0.25) is 0 Å². The van der Waals surface area contributed by atoms with Crippen molar-refractivity contribution in [1.82, 2.24) is 0 Å². The lowest BCUT2D eigenvalue weighted by molar-refractivity contribution is 1.63. The number of fused-ring (bicyclic) bond motifs is 6. The van der Waals surface area contributed by atoms with Gasteiger partial charge in [-0.15, -0.1) is 11.3 Å². The van der Waals surface area contributed by atoms with Crippen LogP contribution in [0.25, 0.3) is 74.4 Å². The van der Waals surface area contributed by atoms with Crippen LogP contribution in [0.1, 0.15) is 0 Å². The molecule has 8 rings (SSSR count). The van der Waals surface area contributed by atoms with Crippen molar-refractivity contribution in [3.05, 3.63) is 106 Å². The smallest absolute Gasteiger partial charge is 0.0368 e. The van der Waals surface area contributed by atoms with Crippen molar-refractivity contribution < 1.29 is 0 Å². The number of hydrogen-bond acceptors (Lipinski definition) is 1. The quantitative estimate of drug-likeness (QED) is 0.131. The Bertz CT molecular complexity index is 2120. The predicted molar refractivity (Wildman–Crippen MR) is 161 cm³/mol. The van der Waals surface area contributed by atoms with Crippen LogP contribution in [0.2, 0.25) is 0 Å². The summed E-state index contributed by atoms with van der Waals surface area (Å²) in [6.45, 7) is 0. The summed E-state index contributed by atoms with van der Waals surface area (Å²) in [5, 5.41) is 13.5. The van der Waals surface area contributed by atoms with Gasteiger partial charge < -0.3 is 0 Å². The van der Waals surface area contributed by atoms with E-state index < -0.39 is 0 Å². The molecule has 0 aliphatic rings. The Morgan fingerprint density at radius 1 is 0.429 bits per heavy atom. The zero-order valence-electron chi connectivity index (χ0n) is 18.4. The highest BCUT2D eigenvalue weighted by Crippen LogP contribution is 2.48. The normalized spacial score (nSPS) is 12.3. The van der Waals surface area contributed by atoms with Gasteiger partial charge in [-0.1, -0.05) is 98.6 Å². The molecule has 164 valence electrons. The Kier molecular flexibility index (Phi) is 4.20. The van der Waals surface area contributed by atoms with Gasteiger partial charge in [0.25, 0.3) is 0 Å². The minimum atomic E-state index is 1.10. The highest BCUT2D eigenvalue weighted by Gasteiger charge is 2.18. The van der Waals surface area contributed by atoms with E-state index in [4.69, 9.17) is 0 Å². The van der Waals surface area contributed by atoms with Crippen molar-refractivity contribution in [2.45, 2.75) is 0 Å². The molecule has 0 N–H and O–H groups in total. The molecule has 3 heteroatoms. The molecule has 0 aliphatic carbocycles. The fourth-order valence-corrected chi connectivity index (χ4v) is 7.88. The first-order chi connectivity index (χ1) is 17.2. The van der Waals surface area contributed by atoms with Crippen molar-refractivity contribution in [1.29, 1.82) is 0 Å². The monoisotopic (exact) mass is 590 g/mol. The zero-order valence-corrected chi connectivity index (χ0v) is 22.4. The fraction of sp³-hybridized carbons (Fsp3) is 0. The minimum absolute atomic E-state index is 1.10. The molecular weight excluding hydrogens is 576 g/mol. The van der Waals surface area contributed by atoms with E-state index in [0.29, 0.717) is 0 Å². The van der Waals surface area contributed by atoms with Crippen LogP contribution in [0, 0.1) is 0 Å². The van der Waals surface area contributed by atoms with E-state index in [1.807, 2.05) is 11.3 Å². The second-order valence-corrected chi connectivity index (χ2v) is 12.1. The number of halogens is 2. The number of benzene rings is 7. The summed E-state index contributed by atoms with van der Waals surface area (Å²) in [4.78, 5) is 0. The number of thiophene rings is 1. The van der Waals surface area contributed by atoms with E-state index in [0.717, 1.165) is 8.95 Å². The molecule has 0 atom stereocenters. The third-order valence-electron chi connectivity index (χ3n) is 7.33. The topological polar surface area (TPSA) is 0 Å². The Balaban J connectivity index is 1.60. The minimum Gasteiger partial charge on any atom is -0.135 e. The second-order valence-electron chi connectivity index (χ2n) is 9.16. The highest BCUT2D eigenvalue weighted by atomic mass is 79.9. The van der Waals surface area contributed by atoms with Gasteiger partial charge >= 0.3 is 0 Å². The Labute approximate surface area is 222 Å². The molecule has 0 bridgehead atoms. The van der Waals surface area contributed by atoms with Crippen LogP contribution >= 0.6 is 43.2 Å². The summed E-state index contributed by atoms with van der Waals surface area (Å²) in [6.07, 6.45) is 0. The molecule has 0 spiro atoms. The molecule has 0 amide bonds. The van der Waals surface area contributed by atoms with Gasteiger partial charge in [0, 0.05) is 29.1 Å². The summed E-state index contributed by atoms with van der Waals surface area (Å²) in [5.74, 6) is 0. The van der Waals surface area contributed by atoms with Gasteiger partial charge in [0.05, 0.1) is 0 Å². The molecule has 1 aromatic heterocycles. The van der Waals surface area contributed by atoms with Crippen LogP contribution in [-0.2, 0) is 0 Å². The first-order valence-electron chi connectivity index (χ1n) is 11.6. The maximum atomic E-state index is 3.66. The average molecular weight is 592 g/mol. The summed E-state index contributed by atoms with van der Waals surface area (Å²) in [5.41, 5.74) is 2.52. The zero-order chi connectivity index (χ0) is 23.3. The fourth-order valence-electron chi connectivity index (χ4n) is 5.90. The van der Waals surface area contributed by atoms with Gasteiger partial charge in [-0.2, -0.15) is 0 Å². The molecule has 0 unspecified atom stereocenters. The maximum absolute atomic E-state index is 3.66. The van der Waals surface area contributed by atoms with Gasteiger partial charge in [0.15, 0.2) is 0 Å². The average Bonchev–Trinajstić information content (AvgIpc) is 3.24. The Morgan fingerprint density at radius 3 is 1.86 bits per heavy atom. The lowest BCUT2D eigenvalue weighted by atomic mass is 9.86. The maximum Gasteiger partial charge on any atom is 0.0368 e. The van der Waals surface area contributed by atoms with Crippen LogP contribution in [0.3, 0.4) is 0 Å². The van der Waals surface area contributed by atoms with Crippen LogP contribution in [0.5, 0.6) is 0 Å². The molecule has 0 nitrogen and oxygen atoms in total. The summed E-state index contributed by atoms with van der Waals surface area (Å²) < 4.78 is 4.90. The van der Waals surface area contributed by atoms with E-state index >= 15 is 0 Å². The van der Waals surface area contributed by atoms with Crippen molar-refractivity contribution in [2.24, 2.45) is 0 Å². The molecule has 0 saturated carbocycles. The van der Waals surface area contributed by atoms with Crippen molar-refractivity contribution in [3.63, 3.8) is 0 Å². The second kappa shape index (κ2) is 7.27. The van der Waals surface area contributed by atoms with Gasteiger partial charge in [-0.05, 0) is 84.5 Å². The largest absolute Gasteiger partial charge is 0.135 e. The van der Waals surface area contributed by atoms with E-state index in [9.17, 15) is 0 Å². The van der Waals surface area contributed by atoms with Gasteiger partial charge in [-0.25, -0.2) is 0 Å². The summed E-state index contributed by atoms with van der Waals surface area (Å²) in [7, 11) is 0. The Morgan fingerprint density at radius 2 is 1.06 bits per heavy atom. The molecule has 0 fully saturated rings. The predicted octanol–water partition coefficient (Wildman–Crippen LogP) is 11.3. The van der Waals surface area contributed by atoms with Gasteiger partial charge in [0.2, 0.25) is 0 Å². The molecule has 1 heterocycles. The van der Waals surface area contributed by atoms with E-state index in [-0.39, 0.29) is 0 Å². The first kappa shape index (κ1) is 20.2. The molecule has 0 aliphatic heterocycles. The lowest BCUT2D eigenvalue weighted by Gasteiger charge is -2.17. The number of rotatable bonds is 1. The first-order valence-corrected chi connectivity index (χ1v) is 14.0. The van der Waals surface area contributed by atoms with E-state index in [1.165, 1.54) is 74.4 Å². The van der Waals surface area contributed by atoms with Crippen molar-refractivity contribution in [2.75, 3.05) is 0 Å². The molecule has 0 radical (unpaired) electrons. The van der Waals surface area contributed by atoms with Crippen LogP contribution < -0.4 is 0 Å². The van der Waals surface area contributed by atoms with E-state index in [2.05, 4.69) is 129 Å².